The molecule has 1 heterocycles. The number of para-hydroxylation sites is 1. The molecule has 1 fully saturated rings. The molecule has 1 aliphatic rings. The number of anilines is 1. The lowest BCUT2D eigenvalue weighted by Gasteiger charge is -2.35. The Kier molecular flexibility index (Phi) is 4.51. The number of benzene rings is 1. The van der Waals surface area contributed by atoms with Crippen molar-refractivity contribution < 1.29 is 0 Å². The molecule has 1 aliphatic heterocycles. The molecule has 1 saturated heterocycles. The summed E-state index contributed by atoms with van der Waals surface area (Å²) in [6.45, 7) is 12.6. The minimum absolute atomic E-state index is 0.237. The van der Waals surface area contributed by atoms with Crippen LogP contribution >= 0.6 is 0 Å². The van der Waals surface area contributed by atoms with Crippen LogP contribution in [0.4, 0.5) is 5.69 Å². The summed E-state index contributed by atoms with van der Waals surface area (Å²) in [6.07, 6.45) is 2.40. The molecule has 0 bridgehead atoms. The van der Waals surface area contributed by atoms with Gasteiger partial charge in [-0.3, -0.25) is 0 Å². The van der Waals surface area contributed by atoms with Gasteiger partial charge in [-0.15, -0.1) is 0 Å². The highest BCUT2D eigenvalue weighted by Crippen LogP contribution is 2.29. The molecule has 0 spiro atoms. The summed E-state index contributed by atoms with van der Waals surface area (Å²) in [5.41, 5.74) is 3.14. The van der Waals surface area contributed by atoms with Crippen LogP contribution in [0.15, 0.2) is 24.3 Å². The summed E-state index contributed by atoms with van der Waals surface area (Å²) < 4.78 is 0. The third-order valence-electron chi connectivity index (χ3n) is 4.38. The molecule has 0 radical (unpaired) electrons. The van der Waals surface area contributed by atoms with Crippen molar-refractivity contribution in [3.8, 4) is 0 Å². The van der Waals surface area contributed by atoms with Crippen LogP contribution in [0.2, 0.25) is 0 Å². The summed E-state index contributed by atoms with van der Waals surface area (Å²) in [4.78, 5) is 2.58. The lowest BCUT2D eigenvalue weighted by atomic mass is 9.96. The van der Waals surface area contributed by atoms with Gasteiger partial charge < -0.3 is 10.2 Å². The fourth-order valence-electron chi connectivity index (χ4n) is 2.92. The van der Waals surface area contributed by atoms with Gasteiger partial charge in [0.1, 0.15) is 0 Å². The lowest BCUT2D eigenvalue weighted by molar-refractivity contribution is 0.366. The predicted molar refractivity (Wildman–Crippen MR) is 84.1 cm³/mol. The Morgan fingerprint density at radius 1 is 1.32 bits per heavy atom. The number of nitrogens with zero attached hydrogens (tertiary/aromatic N) is 1. The maximum Gasteiger partial charge on any atom is 0.0402 e. The molecule has 2 nitrogen and oxygen atoms in total. The first-order chi connectivity index (χ1) is 9.06. The summed E-state index contributed by atoms with van der Waals surface area (Å²) in [5.74, 6) is 0.584. The van der Waals surface area contributed by atoms with Crippen LogP contribution in [0.5, 0.6) is 0 Å². The average Bonchev–Trinajstić information content (AvgIpc) is 2.61. The van der Waals surface area contributed by atoms with Crippen molar-refractivity contribution in [3.05, 3.63) is 29.8 Å². The predicted octanol–water partition coefficient (Wildman–Crippen LogP) is 3.78. The van der Waals surface area contributed by atoms with E-state index in [1.54, 1.807) is 0 Å². The Bertz CT molecular complexity index is 413. The highest BCUT2D eigenvalue weighted by molar-refractivity contribution is 5.55. The molecule has 1 unspecified atom stereocenters. The number of nitrogens with one attached hydrogen (secondary N) is 1. The van der Waals surface area contributed by atoms with E-state index in [4.69, 9.17) is 0 Å². The van der Waals surface area contributed by atoms with Gasteiger partial charge in [0, 0.05) is 24.3 Å². The molecule has 1 atom stereocenters. The van der Waals surface area contributed by atoms with Crippen molar-refractivity contribution in [2.45, 2.75) is 52.0 Å². The highest BCUT2D eigenvalue weighted by atomic mass is 15.2. The Hall–Kier alpha value is -1.02. The van der Waals surface area contributed by atoms with Crippen molar-refractivity contribution >= 4 is 5.69 Å². The van der Waals surface area contributed by atoms with Crippen LogP contribution < -0.4 is 10.2 Å². The highest BCUT2D eigenvalue weighted by Gasteiger charge is 2.28. The maximum atomic E-state index is 3.71. The summed E-state index contributed by atoms with van der Waals surface area (Å²) in [5, 5.41) is 3.71. The molecule has 1 N–H and O–H groups in total. The standard InChI is InChI=1S/C17H28N2/c1-5-17(4)13-19(12-8-11-18-17)16-10-7-6-9-15(16)14(2)3/h6-7,9-10,14,18H,5,8,11-13H2,1-4H3. The topological polar surface area (TPSA) is 15.3 Å². The summed E-state index contributed by atoms with van der Waals surface area (Å²) in [7, 11) is 0. The van der Waals surface area contributed by atoms with Gasteiger partial charge in [0.05, 0.1) is 0 Å². The zero-order chi connectivity index (χ0) is 13.9. The maximum absolute atomic E-state index is 3.71. The van der Waals surface area contributed by atoms with E-state index in [-0.39, 0.29) is 5.54 Å². The summed E-state index contributed by atoms with van der Waals surface area (Å²) >= 11 is 0. The smallest absolute Gasteiger partial charge is 0.0402 e. The van der Waals surface area contributed by atoms with Crippen molar-refractivity contribution in [1.82, 2.24) is 5.32 Å². The quantitative estimate of drug-likeness (QED) is 0.890. The molecule has 1 aromatic rings. The molecule has 2 rings (SSSR count). The molecule has 1 aromatic carbocycles. The fourth-order valence-corrected chi connectivity index (χ4v) is 2.92. The van der Waals surface area contributed by atoms with Crippen molar-refractivity contribution in [3.63, 3.8) is 0 Å². The third-order valence-corrected chi connectivity index (χ3v) is 4.38. The SMILES string of the molecule is CCC1(C)CN(c2ccccc2C(C)C)CCCN1. The van der Waals surface area contributed by atoms with E-state index >= 15 is 0 Å². The molecule has 0 amide bonds. The van der Waals surface area contributed by atoms with Crippen LogP contribution in [0.25, 0.3) is 0 Å². The van der Waals surface area contributed by atoms with Gasteiger partial charge in [-0.25, -0.2) is 0 Å². The Balaban J connectivity index is 2.29. The van der Waals surface area contributed by atoms with Gasteiger partial charge in [-0.1, -0.05) is 39.0 Å². The van der Waals surface area contributed by atoms with E-state index in [1.165, 1.54) is 24.1 Å². The van der Waals surface area contributed by atoms with Crippen molar-refractivity contribution in [1.29, 1.82) is 0 Å². The first kappa shape index (κ1) is 14.4. The fraction of sp³-hybridized carbons (Fsp3) is 0.647. The normalized spacial score (nSPS) is 24.6. The number of hydrogen-bond donors (Lipinski definition) is 1. The number of rotatable bonds is 3. The first-order valence-electron chi connectivity index (χ1n) is 7.64. The Labute approximate surface area is 118 Å². The molecular formula is C17H28N2. The second-order valence-electron chi connectivity index (χ2n) is 6.33. The van der Waals surface area contributed by atoms with E-state index in [0.717, 1.165) is 19.6 Å². The van der Waals surface area contributed by atoms with Gasteiger partial charge in [0.15, 0.2) is 0 Å². The van der Waals surface area contributed by atoms with Gasteiger partial charge in [-0.05, 0) is 43.9 Å². The van der Waals surface area contributed by atoms with Gasteiger partial charge >= 0.3 is 0 Å². The second kappa shape index (κ2) is 5.96. The Morgan fingerprint density at radius 2 is 2.05 bits per heavy atom. The molecule has 0 aromatic heterocycles. The lowest BCUT2D eigenvalue weighted by Crippen LogP contribution is -2.48. The van der Waals surface area contributed by atoms with Gasteiger partial charge in [0.25, 0.3) is 0 Å². The minimum Gasteiger partial charge on any atom is -0.369 e. The first-order valence-corrected chi connectivity index (χ1v) is 7.64. The van der Waals surface area contributed by atoms with Gasteiger partial charge in [-0.2, -0.15) is 0 Å². The molecule has 0 saturated carbocycles. The zero-order valence-corrected chi connectivity index (χ0v) is 12.9. The molecule has 106 valence electrons. The largest absolute Gasteiger partial charge is 0.369 e. The van der Waals surface area contributed by atoms with Crippen LogP contribution in [0, 0.1) is 0 Å². The average molecular weight is 260 g/mol. The van der Waals surface area contributed by atoms with E-state index in [0.29, 0.717) is 5.92 Å². The number of hydrogen-bond acceptors (Lipinski definition) is 2. The molecule has 2 heteroatoms. The minimum atomic E-state index is 0.237. The van der Waals surface area contributed by atoms with E-state index in [1.807, 2.05) is 0 Å². The van der Waals surface area contributed by atoms with E-state index in [9.17, 15) is 0 Å². The van der Waals surface area contributed by atoms with Gasteiger partial charge in [0.2, 0.25) is 0 Å². The van der Waals surface area contributed by atoms with Crippen molar-refractivity contribution in [2.24, 2.45) is 0 Å². The monoisotopic (exact) mass is 260 g/mol. The van der Waals surface area contributed by atoms with Crippen LogP contribution in [0.1, 0.15) is 52.0 Å². The molecule has 19 heavy (non-hydrogen) atoms. The van der Waals surface area contributed by atoms with Crippen LogP contribution in [-0.2, 0) is 0 Å². The molecular weight excluding hydrogens is 232 g/mol. The van der Waals surface area contributed by atoms with Crippen LogP contribution in [0.3, 0.4) is 0 Å². The second-order valence-corrected chi connectivity index (χ2v) is 6.33. The van der Waals surface area contributed by atoms with E-state index < -0.39 is 0 Å². The van der Waals surface area contributed by atoms with E-state index in [2.05, 4.69) is 62.2 Å². The zero-order valence-electron chi connectivity index (χ0n) is 12.9. The van der Waals surface area contributed by atoms with Crippen molar-refractivity contribution in [2.75, 3.05) is 24.5 Å². The Morgan fingerprint density at radius 3 is 2.74 bits per heavy atom. The molecule has 0 aliphatic carbocycles. The summed E-state index contributed by atoms with van der Waals surface area (Å²) in [6, 6.07) is 8.90. The van der Waals surface area contributed by atoms with Crippen LogP contribution in [-0.4, -0.2) is 25.2 Å². The third kappa shape index (κ3) is 3.30.